The van der Waals surface area contributed by atoms with Crippen LogP contribution >= 0.6 is 0 Å². The van der Waals surface area contributed by atoms with E-state index < -0.39 is 27.8 Å². The molecule has 2 atom stereocenters. The highest BCUT2D eigenvalue weighted by Crippen LogP contribution is 2.37. The first kappa shape index (κ1) is 29.7. The summed E-state index contributed by atoms with van der Waals surface area (Å²) >= 11 is 0. The molecule has 0 aliphatic carbocycles. The Bertz CT molecular complexity index is 1900. The number of aromatic nitrogens is 4. The number of carbonyl (C=O) groups is 2. The Balaban J connectivity index is 1.41. The molecule has 12 nitrogen and oxygen atoms in total. The van der Waals surface area contributed by atoms with Gasteiger partial charge in [0.25, 0.3) is 5.91 Å². The largest absolute Gasteiger partial charge is 0.481 e. The summed E-state index contributed by atoms with van der Waals surface area (Å²) in [4.78, 5) is 30.5. The van der Waals surface area contributed by atoms with Gasteiger partial charge in [-0.15, -0.1) is 10.2 Å². The number of hydrogen-bond acceptors (Lipinski definition) is 8. The normalized spacial score (nSPS) is 18.8. The molecule has 2 aliphatic heterocycles. The fraction of sp³-hybridized carbons (Fsp3) is 0.387. The number of aliphatic carboxylic acids is 1. The molecule has 0 radical (unpaired) electrons. The van der Waals surface area contributed by atoms with Crippen molar-refractivity contribution < 1.29 is 23.1 Å². The summed E-state index contributed by atoms with van der Waals surface area (Å²) in [6.45, 7) is 6.69. The van der Waals surface area contributed by atoms with Crippen LogP contribution in [0, 0.1) is 20.8 Å². The van der Waals surface area contributed by atoms with Crippen LogP contribution in [0.15, 0.2) is 47.5 Å². The number of nitrogens with zero attached hydrogens (tertiary/aromatic N) is 6. The van der Waals surface area contributed by atoms with Gasteiger partial charge in [0, 0.05) is 37.8 Å². The number of carbonyl (C=O) groups excluding carboxylic acids is 1. The summed E-state index contributed by atoms with van der Waals surface area (Å²) in [7, 11) is -4.00. The third-order valence-corrected chi connectivity index (χ3v) is 10.8. The molecule has 6 rings (SSSR count). The van der Waals surface area contributed by atoms with E-state index >= 15 is 0 Å². The number of amides is 1. The van der Waals surface area contributed by atoms with Crippen LogP contribution in [0.1, 0.15) is 75.7 Å². The van der Waals surface area contributed by atoms with Gasteiger partial charge in [-0.05, 0) is 86.1 Å². The van der Waals surface area contributed by atoms with E-state index in [0.717, 1.165) is 52.9 Å². The maximum atomic E-state index is 14.2. The van der Waals surface area contributed by atoms with Gasteiger partial charge in [0.15, 0.2) is 5.65 Å². The number of fused-ring (bicyclic) bond motifs is 4. The highest BCUT2D eigenvalue weighted by molar-refractivity contribution is 7.89. The van der Waals surface area contributed by atoms with E-state index in [4.69, 9.17) is 5.73 Å². The molecule has 44 heavy (non-hydrogen) atoms. The zero-order valence-corrected chi connectivity index (χ0v) is 25.7. The van der Waals surface area contributed by atoms with Gasteiger partial charge >= 0.3 is 5.97 Å². The lowest BCUT2D eigenvalue weighted by atomic mass is 9.85. The number of benzene rings is 1. The molecular formula is C31H35N7O5S. The van der Waals surface area contributed by atoms with Crippen molar-refractivity contribution in [2.45, 2.75) is 69.9 Å². The zero-order valence-electron chi connectivity index (χ0n) is 24.9. The molecule has 1 aromatic carbocycles. The number of aryl methyl sites for hydroxylation is 3. The summed E-state index contributed by atoms with van der Waals surface area (Å²) in [5, 5.41) is 18.4. The van der Waals surface area contributed by atoms with Crippen molar-refractivity contribution in [3.05, 3.63) is 81.9 Å². The molecule has 0 spiro atoms. The lowest BCUT2D eigenvalue weighted by molar-refractivity contribution is -0.137. The van der Waals surface area contributed by atoms with Crippen molar-refractivity contribution in [3.63, 3.8) is 0 Å². The number of carboxylic acids is 1. The van der Waals surface area contributed by atoms with Crippen LogP contribution in [0.2, 0.25) is 0 Å². The average molecular weight is 618 g/mol. The molecule has 3 aromatic heterocycles. The topological polar surface area (TPSA) is 164 Å². The summed E-state index contributed by atoms with van der Waals surface area (Å²) in [6, 6.07) is 10.3. The van der Waals surface area contributed by atoms with E-state index in [1.807, 2.05) is 60.5 Å². The lowest BCUT2D eigenvalue weighted by Crippen LogP contribution is -2.45. The molecule has 5 heterocycles. The van der Waals surface area contributed by atoms with E-state index in [0.29, 0.717) is 12.2 Å². The summed E-state index contributed by atoms with van der Waals surface area (Å²) < 4.78 is 31.7. The van der Waals surface area contributed by atoms with E-state index in [1.165, 1.54) is 16.4 Å². The standard InChI is InChI=1S/C31H35N7O5S/c1-18-7-8-21(25(15-28(39)40)24-11-13-37-20(3)34-35-30(37)19(24)2)14-22(18)16-36-17-23-6-4-5-12-38(23)31-27(44(36,42)43)10-9-26(33-31)29(32)41/h7-11,13-14,23,25H,4-6,12,15-17H2,1-3H3,(H2,32,41)(H,39,40)/t23-,25+/m1/s1. The number of piperidine rings is 1. The molecule has 3 N–H and O–H groups in total. The van der Waals surface area contributed by atoms with Gasteiger partial charge in [-0.3, -0.25) is 14.0 Å². The van der Waals surface area contributed by atoms with Gasteiger partial charge in [-0.2, -0.15) is 4.31 Å². The first-order valence-corrected chi connectivity index (χ1v) is 16.1. The molecule has 4 aromatic rings. The van der Waals surface area contributed by atoms with Gasteiger partial charge in [-0.25, -0.2) is 13.4 Å². The number of sulfonamides is 1. The first-order chi connectivity index (χ1) is 21.0. The summed E-state index contributed by atoms with van der Waals surface area (Å²) in [5.74, 6) is -1.13. The molecule has 0 saturated carbocycles. The molecule has 1 amide bonds. The fourth-order valence-electron chi connectivity index (χ4n) is 6.51. The maximum Gasteiger partial charge on any atom is 0.304 e. The van der Waals surface area contributed by atoms with Crippen LogP contribution in [0.3, 0.4) is 0 Å². The molecular weight excluding hydrogens is 582 g/mol. The number of rotatable bonds is 7. The van der Waals surface area contributed by atoms with Crippen LogP contribution < -0.4 is 10.6 Å². The minimum Gasteiger partial charge on any atom is -0.481 e. The van der Waals surface area contributed by atoms with Gasteiger partial charge in [-0.1, -0.05) is 18.2 Å². The van der Waals surface area contributed by atoms with Crippen LogP contribution in [0.4, 0.5) is 5.82 Å². The van der Waals surface area contributed by atoms with Gasteiger partial charge in [0.2, 0.25) is 10.0 Å². The Kier molecular flexibility index (Phi) is 7.62. The second kappa shape index (κ2) is 11.3. The van der Waals surface area contributed by atoms with Gasteiger partial charge in [0.1, 0.15) is 22.2 Å². The minimum absolute atomic E-state index is 0.0273. The van der Waals surface area contributed by atoms with Crippen LogP contribution in [0.5, 0.6) is 0 Å². The number of primary amides is 1. The average Bonchev–Trinajstić information content (AvgIpc) is 3.34. The Morgan fingerprint density at radius 2 is 1.89 bits per heavy atom. The predicted octanol–water partition coefficient (Wildman–Crippen LogP) is 3.32. The Morgan fingerprint density at radius 3 is 2.64 bits per heavy atom. The molecule has 1 fully saturated rings. The van der Waals surface area contributed by atoms with E-state index in [9.17, 15) is 23.1 Å². The maximum absolute atomic E-state index is 14.2. The van der Waals surface area contributed by atoms with Crippen molar-refractivity contribution in [1.29, 1.82) is 0 Å². The van der Waals surface area contributed by atoms with Crippen LogP contribution in [-0.4, -0.2) is 68.4 Å². The number of hydrogen-bond donors (Lipinski definition) is 2. The van der Waals surface area contributed by atoms with Gasteiger partial charge < -0.3 is 15.7 Å². The fourth-order valence-corrected chi connectivity index (χ4v) is 8.10. The first-order valence-electron chi connectivity index (χ1n) is 14.7. The Labute approximate surface area is 255 Å². The Hall–Kier alpha value is -4.36. The molecule has 2 aliphatic rings. The van der Waals surface area contributed by atoms with E-state index in [2.05, 4.69) is 15.2 Å². The lowest BCUT2D eigenvalue weighted by Gasteiger charge is -2.36. The Morgan fingerprint density at radius 1 is 1.09 bits per heavy atom. The molecule has 1 saturated heterocycles. The zero-order chi connectivity index (χ0) is 31.3. The van der Waals surface area contributed by atoms with Crippen LogP contribution in [-0.2, 0) is 21.4 Å². The number of carboxylic acid groups (broad SMARTS) is 1. The van der Waals surface area contributed by atoms with Crippen molar-refractivity contribution in [2.75, 3.05) is 18.0 Å². The van der Waals surface area contributed by atoms with Crippen molar-refractivity contribution in [1.82, 2.24) is 23.9 Å². The summed E-state index contributed by atoms with van der Waals surface area (Å²) in [5.41, 5.74) is 10.3. The molecule has 13 heteroatoms. The number of pyridine rings is 2. The third kappa shape index (κ3) is 5.19. The minimum atomic E-state index is -4.00. The van der Waals surface area contributed by atoms with E-state index in [1.54, 1.807) is 0 Å². The van der Waals surface area contributed by atoms with Crippen molar-refractivity contribution in [3.8, 4) is 0 Å². The van der Waals surface area contributed by atoms with Crippen molar-refractivity contribution in [2.24, 2.45) is 5.73 Å². The second-order valence-corrected chi connectivity index (χ2v) is 13.6. The van der Waals surface area contributed by atoms with Crippen LogP contribution in [0.25, 0.3) is 5.65 Å². The highest BCUT2D eigenvalue weighted by atomic mass is 32.2. The quantitative estimate of drug-likeness (QED) is 0.317. The number of nitrogens with two attached hydrogens (primary N) is 1. The smallest absolute Gasteiger partial charge is 0.304 e. The predicted molar refractivity (Wildman–Crippen MR) is 163 cm³/mol. The molecule has 0 unspecified atom stereocenters. The van der Waals surface area contributed by atoms with Crippen molar-refractivity contribution >= 4 is 33.4 Å². The van der Waals surface area contributed by atoms with Gasteiger partial charge in [0.05, 0.1) is 6.42 Å². The highest BCUT2D eigenvalue weighted by Gasteiger charge is 2.40. The summed E-state index contributed by atoms with van der Waals surface area (Å²) in [6.07, 6.45) is 4.35. The SMILES string of the molecule is Cc1ccc([C@H](CC(=O)O)c2ccn3c(C)nnc3c2C)cc1CN1C[C@H]2CCCCN2c2nc(C(N)=O)ccc2S1(=O)=O. The van der Waals surface area contributed by atoms with E-state index in [-0.39, 0.29) is 42.0 Å². The molecule has 230 valence electrons. The third-order valence-electron chi connectivity index (χ3n) is 8.94. The number of anilines is 1. The second-order valence-electron chi connectivity index (χ2n) is 11.7. The monoisotopic (exact) mass is 617 g/mol. The molecule has 0 bridgehead atoms.